The number of anilines is 1. The maximum Gasteiger partial charge on any atom is 0.255 e. The fraction of sp³-hybridized carbons (Fsp3) is 0.360. The van der Waals surface area contributed by atoms with E-state index in [0.717, 1.165) is 35.4 Å². The van der Waals surface area contributed by atoms with Gasteiger partial charge in [0.2, 0.25) is 11.5 Å². The highest BCUT2D eigenvalue weighted by Gasteiger charge is 2.29. The average Bonchev–Trinajstić information content (AvgIpc) is 2.85. The van der Waals surface area contributed by atoms with Crippen LogP contribution in [0.1, 0.15) is 34.8 Å². The van der Waals surface area contributed by atoms with Gasteiger partial charge in [0.1, 0.15) is 5.75 Å². The molecule has 1 aliphatic rings. The monoisotopic (exact) mass is 447 g/mol. The lowest BCUT2D eigenvalue weighted by Crippen LogP contribution is -2.40. The van der Waals surface area contributed by atoms with Crippen molar-refractivity contribution in [2.75, 3.05) is 39.2 Å². The lowest BCUT2D eigenvalue weighted by atomic mass is 9.89. The second-order valence-electron chi connectivity index (χ2n) is 8.55. The molecule has 0 radical (unpaired) electrons. The van der Waals surface area contributed by atoms with Gasteiger partial charge in [-0.2, -0.15) is 0 Å². The Morgan fingerprint density at radius 1 is 1.21 bits per heavy atom. The number of rotatable bonds is 5. The Kier molecular flexibility index (Phi) is 6.44. The number of nitrogens with zero attached hydrogens (tertiary/aromatic N) is 5. The first-order valence-corrected chi connectivity index (χ1v) is 11.0. The van der Waals surface area contributed by atoms with Gasteiger partial charge in [0.05, 0.1) is 18.4 Å². The number of hydrogen-bond acceptors (Lipinski definition) is 6. The lowest BCUT2D eigenvalue weighted by Gasteiger charge is -2.33. The number of amides is 1. The number of ether oxygens (including phenoxy) is 1. The van der Waals surface area contributed by atoms with Gasteiger partial charge in [-0.15, -0.1) is 0 Å². The van der Waals surface area contributed by atoms with Crippen molar-refractivity contribution in [3.8, 4) is 16.9 Å². The van der Waals surface area contributed by atoms with Gasteiger partial charge in [-0.05, 0) is 36.6 Å². The van der Waals surface area contributed by atoms with Gasteiger partial charge in [0, 0.05) is 64.2 Å². The normalized spacial score (nSPS) is 15.9. The van der Waals surface area contributed by atoms with Crippen molar-refractivity contribution in [1.29, 1.82) is 0 Å². The van der Waals surface area contributed by atoms with Crippen molar-refractivity contribution < 1.29 is 9.53 Å². The van der Waals surface area contributed by atoms with E-state index >= 15 is 0 Å². The van der Waals surface area contributed by atoms with Gasteiger partial charge < -0.3 is 19.1 Å². The minimum Gasteiger partial charge on any atom is -0.497 e. The molecule has 8 heteroatoms. The number of pyridine rings is 1. The zero-order chi connectivity index (χ0) is 23.5. The topological polar surface area (TPSA) is 80.6 Å². The average molecular weight is 448 g/mol. The van der Waals surface area contributed by atoms with Gasteiger partial charge in [-0.3, -0.25) is 9.59 Å². The molecule has 1 amide bonds. The summed E-state index contributed by atoms with van der Waals surface area (Å²) in [6.07, 6.45) is 5.27. The fourth-order valence-corrected chi connectivity index (χ4v) is 4.21. The zero-order valence-electron chi connectivity index (χ0n) is 19.5. The Bertz CT molecular complexity index is 1220. The molecule has 4 rings (SSSR count). The molecule has 0 unspecified atom stereocenters. The summed E-state index contributed by atoms with van der Waals surface area (Å²) in [5, 5.41) is 0. The summed E-state index contributed by atoms with van der Waals surface area (Å²) in [7, 11) is 7.14. The van der Waals surface area contributed by atoms with Gasteiger partial charge in [0.25, 0.3) is 5.91 Å². The molecule has 3 aromatic rings. The van der Waals surface area contributed by atoms with Crippen LogP contribution in [0.4, 0.5) is 5.95 Å². The number of likely N-dealkylation sites (tertiary alicyclic amines) is 1. The number of carbonyl (C=O) groups excluding carboxylic acids is 1. The number of benzene rings is 1. The number of aromatic nitrogens is 3. The number of hydrogen-bond donors (Lipinski definition) is 0. The van der Waals surface area contributed by atoms with Crippen molar-refractivity contribution in [1.82, 2.24) is 19.4 Å². The maximum atomic E-state index is 13.2. The third-order valence-electron chi connectivity index (χ3n) is 6.01. The maximum absolute atomic E-state index is 13.2. The summed E-state index contributed by atoms with van der Waals surface area (Å²) >= 11 is 0. The minimum absolute atomic E-state index is 0.0677. The van der Waals surface area contributed by atoms with Crippen LogP contribution >= 0.6 is 0 Å². The second kappa shape index (κ2) is 9.44. The molecule has 8 nitrogen and oxygen atoms in total. The second-order valence-corrected chi connectivity index (χ2v) is 8.55. The summed E-state index contributed by atoms with van der Waals surface area (Å²) in [5.74, 6) is 1.40. The van der Waals surface area contributed by atoms with Crippen LogP contribution in [0.3, 0.4) is 0 Å². The predicted molar refractivity (Wildman–Crippen MR) is 128 cm³/mol. The Hall–Kier alpha value is -3.68. The molecule has 0 N–H and O–H groups in total. The molecule has 3 heterocycles. The SMILES string of the molecule is COc1cccc(-c2cnc(N(C)C)nc2[C@H]2CCCN(C(=O)c3ccc(=O)n(C)c3)C2)c1. The molecule has 1 aromatic carbocycles. The van der Waals surface area contributed by atoms with Crippen molar-refractivity contribution in [3.05, 3.63) is 70.4 Å². The van der Waals surface area contributed by atoms with Crippen molar-refractivity contribution in [2.45, 2.75) is 18.8 Å². The van der Waals surface area contributed by atoms with E-state index in [2.05, 4.69) is 4.98 Å². The summed E-state index contributed by atoms with van der Waals surface area (Å²) in [4.78, 5) is 38.1. The fourth-order valence-electron chi connectivity index (χ4n) is 4.21. The standard InChI is InChI=1S/C25H29N5O3/c1-28(2)25-26-14-21(17-7-5-9-20(13-17)33-4)23(27-25)18-8-6-12-30(16-18)24(32)19-10-11-22(31)29(3)15-19/h5,7,9-11,13-15,18H,6,8,12,16H2,1-4H3/t18-/m0/s1. The van der Waals surface area contributed by atoms with Crippen LogP contribution in [0.2, 0.25) is 0 Å². The van der Waals surface area contributed by atoms with Crippen LogP contribution in [0, 0.1) is 0 Å². The van der Waals surface area contributed by atoms with Crippen LogP contribution in [-0.2, 0) is 7.05 Å². The van der Waals surface area contributed by atoms with E-state index in [1.54, 1.807) is 26.4 Å². The van der Waals surface area contributed by atoms with E-state index in [9.17, 15) is 9.59 Å². The first kappa shape index (κ1) is 22.5. The highest BCUT2D eigenvalue weighted by atomic mass is 16.5. The first-order chi connectivity index (χ1) is 15.9. The van der Waals surface area contributed by atoms with Crippen LogP contribution in [0.25, 0.3) is 11.1 Å². The lowest BCUT2D eigenvalue weighted by molar-refractivity contribution is 0.0705. The summed E-state index contributed by atoms with van der Waals surface area (Å²) in [6.45, 7) is 1.24. The van der Waals surface area contributed by atoms with Gasteiger partial charge in [0.15, 0.2) is 0 Å². The Labute approximate surface area is 193 Å². The molecule has 0 spiro atoms. The Balaban J connectivity index is 1.69. The number of aryl methyl sites for hydroxylation is 1. The minimum atomic E-state index is -0.136. The van der Waals surface area contributed by atoms with Crippen LogP contribution in [0.5, 0.6) is 5.75 Å². The van der Waals surface area contributed by atoms with E-state index in [4.69, 9.17) is 9.72 Å². The quantitative estimate of drug-likeness (QED) is 0.598. The molecule has 0 bridgehead atoms. The summed E-state index contributed by atoms with van der Waals surface area (Å²) in [5.41, 5.74) is 3.24. The molecular formula is C25H29N5O3. The van der Waals surface area contributed by atoms with Gasteiger partial charge >= 0.3 is 0 Å². The molecule has 172 valence electrons. The van der Waals surface area contributed by atoms with Crippen molar-refractivity contribution >= 4 is 11.9 Å². The van der Waals surface area contributed by atoms with Crippen LogP contribution < -0.4 is 15.2 Å². The molecule has 1 aliphatic heterocycles. The van der Waals surface area contributed by atoms with E-state index in [-0.39, 0.29) is 17.4 Å². The van der Waals surface area contributed by atoms with Crippen LogP contribution in [0.15, 0.2) is 53.6 Å². The Morgan fingerprint density at radius 3 is 2.76 bits per heavy atom. The molecule has 0 saturated carbocycles. The molecule has 33 heavy (non-hydrogen) atoms. The first-order valence-electron chi connectivity index (χ1n) is 11.0. The molecular weight excluding hydrogens is 418 g/mol. The molecule has 0 aliphatic carbocycles. The summed E-state index contributed by atoms with van der Waals surface area (Å²) < 4.78 is 6.85. The zero-order valence-corrected chi connectivity index (χ0v) is 19.5. The van der Waals surface area contributed by atoms with E-state index in [1.165, 1.54) is 10.6 Å². The van der Waals surface area contributed by atoms with Gasteiger partial charge in [-0.1, -0.05) is 12.1 Å². The van der Waals surface area contributed by atoms with Crippen molar-refractivity contribution in [2.24, 2.45) is 7.05 Å². The Morgan fingerprint density at radius 2 is 2.03 bits per heavy atom. The highest BCUT2D eigenvalue weighted by Crippen LogP contribution is 2.35. The number of methoxy groups -OCH3 is 1. The third kappa shape index (κ3) is 4.74. The largest absolute Gasteiger partial charge is 0.497 e. The number of piperidine rings is 1. The molecule has 1 saturated heterocycles. The third-order valence-corrected chi connectivity index (χ3v) is 6.01. The van der Waals surface area contributed by atoms with E-state index in [0.29, 0.717) is 24.6 Å². The van der Waals surface area contributed by atoms with Gasteiger partial charge in [-0.25, -0.2) is 9.97 Å². The van der Waals surface area contributed by atoms with Crippen LogP contribution in [-0.4, -0.2) is 59.6 Å². The van der Waals surface area contributed by atoms with Crippen molar-refractivity contribution in [3.63, 3.8) is 0 Å². The highest BCUT2D eigenvalue weighted by molar-refractivity contribution is 5.94. The molecule has 1 atom stereocenters. The smallest absolute Gasteiger partial charge is 0.255 e. The summed E-state index contributed by atoms with van der Waals surface area (Å²) in [6, 6.07) is 10.9. The molecule has 1 fully saturated rings. The number of carbonyl (C=O) groups is 1. The van der Waals surface area contributed by atoms with E-state index < -0.39 is 0 Å². The molecule has 2 aromatic heterocycles. The van der Waals surface area contributed by atoms with E-state index in [1.807, 2.05) is 54.4 Å². The predicted octanol–water partition coefficient (Wildman–Crippen LogP) is 2.94.